The molecule has 2 N–H and O–H groups in total. The Hall–Kier alpha value is -3.80. The van der Waals surface area contributed by atoms with Crippen molar-refractivity contribution in [3.05, 3.63) is 84.4 Å². The first-order valence-corrected chi connectivity index (χ1v) is 10.7. The molecular weight excluding hydrogens is 404 g/mol. The summed E-state index contributed by atoms with van der Waals surface area (Å²) in [6, 6.07) is 25.1. The average molecular weight is 433 g/mol. The SMILES string of the molecule is CCc1ccc(OCC(=O)NNC(=O)C(CC)Oc2ccc(-c3ccccc3)cc2)cc1. The molecule has 0 aliphatic heterocycles. The standard InChI is InChI=1S/C26H28N2O4/c1-3-19-10-14-22(15-11-19)31-18-25(29)27-28-26(30)24(4-2)32-23-16-12-21(13-17-23)20-8-6-5-7-9-20/h5-17,24H,3-4,18H2,1-2H3,(H,27,29)(H,28,30). The van der Waals surface area contributed by atoms with Crippen LogP contribution >= 0.6 is 0 Å². The van der Waals surface area contributed by atoms with E-state index < -0.39 is 17.9 Å². The van der Waals surface area contributed by atoms with Crippen LogP contribution in [0.3, 0.4) is 0 Å². The van der Waals surface area contributed by atoms with Crippen molar-refractivity contribution in [1.82, 2.24) is 10.9 Å². The second-order valence-corrected chi connectivity index (χ2v) is 7.23. The Morgan fingerprint density at radius 3 is 2.03 bits per heavy atom. The molecule has 0 aromatic heterocycles. The first-order valence-electron chi connectivity index (χ1n) is 10.7. The van der Waals surface area contributed by atoms with Gasteiger partial charge >= 0.3 is 0 Å². The zero-order chi connectivity index (χ0) is 22.8. The maximum absolute atomic E-state index is 12.4. The average Bonchev–Trinajstić information content (AvgIpc) is 2.85. The van der Waals surface area contributed by atoms with Crippen molar-refractivity contribution in [3.8, 4) is 22.6 Å². The maximum Gasteiger partial charge on any atom is 0.279 e. The summed E-state index contributed by atoms with van der Waals surface area (Å²) in [6.45, 7) is 3.71. The summed E-state index contributed by atoms with van der Waals surface area (Å²) < 4.78 is 11.2. The van der Waals surface area contributed by atoms with Crippen LogP contribution < -0.4 is 20.3 Å². The van der Waals surface area contributed by atoms with Crippen molar-refractivity contribution in [2.24, 2.45) is 0 Å². The van der Waals surface area contributed by atoms with Crippen molar-refractivity contribution < 1.29 is 19.1 Å². The fourth-order valence-corrected chi connectivity index (χ4v) is 3.06. The number of hydrogen-bond donors (Lipinski definition) is 2. The maximum atomic E-state index is 12.4. The Balaban J connectivity index is 1.46. The molecular formula is C26H28N2O4. The van der Waals surface area contributed by atoms with Crippen molar-refractivity contribution in [3.63, 3.8) is 0 Å². The third-order valence-electron chi connectivity index (χ3n) is 4.93. The molecule has 32 heavy (non-hydrogen) atoms. The smallest absolute Gasteiger partial charge is 0.279 e. The van der Waals surface area contributed by atoms with Crippen LogP contribution in [0.25, 0.3) is 11.1 Å². The lowest BCUT2D eigenvalue weighted by molar-refractivity contribution is -0.134. The number of rotatable bonds is 9. The molecule has 0 heterocycles. The fourth-order valence-electron chi connectivity index (χ4n) is 3.06. The molecule has 0 spiro atoms. The van der Waals surface area contributed by atoms with Gasteiger partial charge in [-0.3, -0.25) is 20.4 Å². The molecule has 0 radical (unpaired) electrons. The predicted molar refractivity (Wildman–Crippen MR) is 124 cm³/mol. The number of hydrogen-bond acceptors (Lipinski definition) is 4. The number of ether oxygens (including phenoxy) is 2. The number of hydrazine groups is 1. The van der Waals surface area contributed by atoms with E-state index in [1.165, 1.54) is 5.56 Å². The van der Waals surface area contributed by atoms with E-state index in [-0.39, 0.29) is 6.61 Å². The zero-order valence-corrected chi connectivity index (χ0v) is 18.3. The predicted octanol–water partition coefficient (Wildman–Crippen LogP) is 4.30. The van der Waals surface area contributed by atoms with Gasteiger partial charge in [0.1, 0.15) is 11.5 Å². The Morgan fingerprint density at radius 2 is 1.41 bits per heavy atom. The van der Waals surface area contributed by atoms with Gasteiger partial charge in [-0.05, 0) is 53.8 Å². The lowest BCUT2D eigenvalue weighted by Gasteiger charge is -2.18. The minimum atomic E-state index is -0.736. The summed E-state index contributed by atoms with van der Waals surface area (Å²) >= 11 is 0. The molecule has 0 saturated carbocycles. The Kier molecular flexibility index (Phi) is 8.26. The number of aryl methyl sites for hydroxylation is 1. The van der Waals surface area contributed by atoms with E-state index >= 15 is 0 Å². The minimum absolute atomic E-state index is 0.204. The molecule has 3 rings (SSSR count). The van der Waals surface area contributed by atoms with Crippen LogP contribution in [0.2, 0.25) is 0 Å². The second kappa shape index (κ2) is 11.6. The summed E-state index contributed by atoms with van der Waals surface area (Å²) in [6.07, 6.45) is 0.646. The topological polar surface area (TPSA) is 76.7 Å². The van der Waals surface area contributed by atoms with Gasteiger partial charge in [-0.15, -0.1) is 0 Å². The van der Waals surface area contributed by atoms with E-state index in [1.807, 2.05) is 85.8 Å². The number of benzene rings is 3. The van der Waals surface area contributed by atoms with E-state index in [9.17, 15) is 9.59 Å². The number of carbonyl (C=O) groups is 2. The highest BCUT2D eigenvalue weighted by Gasteiger charge is 2.19. The first-order chi connectivity index (χ1) is 15.6. The fraction of sp³-hybridized carbons (Fsp3) is 0.231. The summed E-state index contributed by atoms with van der Waals surface area (Å²) in [5.74, 6) is 0.287. The Labute approximate surface area is 188 Å². The van der Waals surface area contributed by atoms with Crippen LogP contribution in [0.15, 0.2) is 78.9 Å². The van der Waals surface area contributed by atoms with Gasteiger partial charge in [0.15, 0.2) is 12.7 Å². The zero-order valence-electron chi connectivity index (χ0n) is 18.3. The number of nitrogens with one attached hydrogen (secondary N) is 2. The lowest BCUT2D eigenvalue weighted by Crippen LogP contribution is -2.49. The van der Waals surface area contributed by atoms with Crippen molar-refractivity contribution in [2.75, 3.05) is 6.61 Å². The summed E-state index contributed by atoms with van der Waals surface area (Å²) in [5, 5.41) is 0. The molecule has 6 heteroatoms. The van der Waals surface area contributed by atoms with Gasteiger partial charge in [0.05, 0.1) is 0 Å². The molecule has 3 aromatic rings. The molecule has 0 aliphatic carbocycles. The summed E-state index contributed by atoms with van der Waals surface area (Å²) in [5.41, 5.74) is 8.12. The van der Waals surface area contributed by atoms with Crippen LogP contribution in [-0.4, -0.2) is 24.5 Å². The third-order valence-corrected chi connectivity index (χ3v) is 4.93. The van der Waals surface area contributed by atoms with Gasteiger partial charge < -0.3 is 9.47 Å². The number of amides is 2. The summed E-state index contributed by atoms with van der Waals surface area (Å²) in [4.78, 5) is 24.4. The lowest BCUT2D eigenvalue weighted by atomic mass is 10.1. The van der Waals surface area contributed by atoms with Crippen LogP contribution in [-0.2, 0) is 16.0 Å². The van der Waals surface area contributed by atoms with Crippen LogP contribution in [0.1, 0.15) is 25.8 Å². The highest BCUT2D eigenvalue weighted by Crippen LogP contribution is 2.23. The van der Waals surface area contributed by atoms with Gasteiger partial charge in [0, 0.05) is 0 Å². The Morgan fingerprint density at radius 1 is 0.781 bits per heavy atom. The van der Waals surface area contributed by atoms with E-state index in [0.717, 1.165) is 17.5 Å². The molecule has 166 valence electrons. The molecule has 0 saturated heterocycles. The molecule has 0 bridgehead atoms. The third kappa shape index (κ3) is 6.60. The molecule has 1 unspecified atom stereocenters. The van der Waals surface area contributed by atoms with E-state index in [1.54, 1.807) is 0 Å². The minimum Gasteiger partial charge on any atom is -0.484 e. The van der Waals surface area contributed by atoms with E-state index in [2.05, 4.69) is 17.8 Å². The molecule has 3 aromatic carbocycles. The van der Waals surface area contributed by atoms with E-state index in [0.29, 0.717) is 17.9 Å². The number of carbonyl (C=O) groups excluding carboxylic acids is 2. The van der Waals surface area contributed by atoms with Crippen molar-refractivity contribution in [2.45, 2.75) is 32.8 Å². The van der Waals surface area contributed by atoms with Gasteiger partial charge in [0.2, 0.25) is 0 Å². The molecule has 2 amide bonds. The summed E-state index contributed by atoms with van der Waals surface area (Å²) in [7, 11) is 0. The normalized spacial score (nSPS) is 11.3. The highest BCUT2D eigenvalue weighted by atomic mass is 16.5. The van der Waals surface area contributed by atoms with Crippen LogP contribution in [0.4, 0.5) is 0 Å². The van der Waals surface area contributed by atoms with Gasteiger partial charge in [-0.1, -0.05) is 68.4 Å². The monoisotopic (exact) mass is 432 g/mol. The van der Waals surface area contributed by atoms with Gasteiger partial charge in [-0.2, -0.15) is 0 Å². The highest BCUT2D eigenvalue weighted by molar-refractivity contribution is 5.85. The van der Waals surface area contributed by atoms with E-state index in [4.69, 9.17) is 9.47 Å². The second-order valence-electron chi connectivity index (χ2n) is 7.23. The largest absolute Gasteiger partial charge is 0.484 e. The quantitative estimate of drug-likeness (QED) is 0.494. The van der Waals surface area contributed by atoms with Crippen LogP contribution in [0, 0.1) is 0 Å². The Bertz CT molecular complexity index is 1000. The van der Waals surface area contributed by atoms with Crippen LogP contribution in [0.5, 0.6) is 11.5 Å². The van der Waals surface area contributed by atoms with Crippen molar-refractivity contribution >= 4 is 11.8 Å². The molecule has 0 aliphatic rings. The molecule has 1 atom stereocenters. The van der Waals surface area contributed by atoms with Crippen molar-refractivity contribution in [1.29, 1.82) is 0 Å². The first kappa shape index (κ1) is 22.9. The molecule has 6 nitrogen and oxygen atoms in total. The van der Waals surface area contributed by atoms with Gasteiger partial charge in [-0.25, -0.2) is 0 Å². The van der Waals surface area contributed by atoms with Gasteiger partial charge in [0.25, 0.3) is 11.8 Å². The molecule has 0 fully saturated rings.